The third-order valence-corrected chi connectivity index (χ3v) is 2.71. The monoisotopic (exact) mass is 208 g/mol. The minimum absolute atomic E-state index is 0.0767. The molecule has 14 heavy (non-hydrogen) atoms. The van der Waals surface area contributed by atoms with Gasteiger partial charge in [0, 0.05) is 5.02 Å². The lowest BCUT2D eigenvalue weighted by Gasteiger charge is -2.04. The highest BCUT2D eigenvalue weighted by Gasteiger charge is 2.17. The van der Waals surface area contributed by atoms with E-state index in [1.165, 1.54) is 0 Å². The molecule has 0 atom stereocenters. The van der Waals surface area contributed by atoms with Gasteiger partial charge in [0.25, 0.3) is 0 Å². The van der Waals surface area contributed by atoms with Gasteiger partial charge in [0.2, 0.25) is 0 Å². The van der Waals surface area contributed by atoms with Gasteiger partial charge in [-0.15, -0.1) is 0 Å². The van der Waals surface area contributed by atoms with Crippen molar-refractivity contribution >= 4 is 23.1 Å². The average molecular weight is 209 g/mol. The average Bonchev–Trinajstić information content (AvgIpc) is 2.49. The summed E-state index contributed by atoms with van der Waals surface area (Å²) >= 11 is 5.99. The minimum Gasteiger partial charge on any atom is -0.481 e. The van der Waals surface area contributed by atoms with Crippen LogP contribution in [0, 0.1) is 0 Å². The first-order valence-electron chi connectivity index (χ1n) is 4.37. The number of carboxylic acids is 1. The lowest BCUT2D eigenvalue weighted by atomic mass is 10.0. The number of aliphatic carboxylic acids is 1. The second kappa shape index (κ2) is 3.46. The van der Waals surface area contributed by atoms with Gasteiger partial charge in [-0.3, -0.25) is 4.79 Å². The fourth-order valence-corrected chi connectivity index (χ4v) is 1.98. The van der Waals surface area contributed by atoms with Crippen molar-refractivity contribution in [1.82, 2.24) is 0 Å². The van der Waals surface area contributed by atoms with Gasteiger partial charge in [0.05, 0.1) is 6.42 Å². The van der Waals surface area contributed by atoms with E-state index >= 15 is 0 Å². The van der Waals surface area contributed by atoms with Crippen LogP contribution in [0.2, 0.25) is 5.02 Å². The van der Waals surface area contributed by atoms with E-state index in [9.17, 15) is 4.79 Å². The van der Waals surface area contributed by atoms with Crippen LogP contribution in [0.15, 0.2) is 24.3 Å². The Morgan fingerprint density at radius 3 is 3.00 bits per heavy atom. The normalized spacial score (nSPS) is 13.6. The zero-order chi connectivity index (χ0) is 10.1. The Morgan fingerprint density at radius 1 is 1.50 bits per heavy atom. The van der Waals surface area contributed by atoms with Crippen LogP contribution in [0.3, 0.4) is 0 Å². The lowest BCUT2D eigenvalue weighted by molar-refractivity contribution is -0.135. The molecule has 0 bridgehead atoms. The molecular weight excluding hydrogens is 200 g/mol. The van der Waals surface area contributed by atoms with E-state index in [-0.39, 0.29) is 6.42 Å². The number of carboxylic acid groups (broad SMARTS) is 1. The molecule has 1 aromatic rings. The Bertz CT molecular complexity index is 421. The first-order chi connectivity index (χ1) is 6.68. The summed E-state index contributed by atoms with van der Waals surface area (Å²) in [7, 11) is 0. The molecule has 0 radical (unpaired) electrons. The van der Waals surface area contributed by atoms with E-state index in [1.54, 1.807) is 0 Å². The smallest absolute Gasteiger partial charge is 0.307 e. The summed E-state index contributed by atoms with van der Waals surface area (Å²) in [6.45, 7) is 0. The number of hydrogen-bond acceptors (Lipinski definition) is 1. The van der Waals surface area contributed by atoms with Crippen molar-refractivity contribution in [3.8, 4) is 0 Å². The summed E-state index contributed by atoms with van der Waals surface area (Å²) in [5, 5.41) is 9.42. The first kappa shape index (κ1) is 9.28. The highest BCUT2D eigenvalue weighted by atomic mass is 35.5. The standard InChI is InChI=1S/C11H9ClO2/c12-10-3-1-2-8-7(6-11(13)14)4-5-9(8)10/h1-4H,5-6H2,(H,13,14). The van der Waals surface area contributed by atoms with Crippen LogP contribution >= 0.6 is 11.6 Å². The predicted molar refractivity (Wildman–Crippen MR) is 55.4 cm³/mol. The molecule has 1 aliphatic carbocycles. The summed E-state index contributed by atoms with van der Waals surface area (Å²) in [5.74, 6) is -0.802. The maximum atomic E-state index is 10.6. The van der Waals surface area contributed by atoms with Crippen molar-refractivity contribution in [2.75, 3.05) is 0 Å². The van der Waals surface area contributed by atoms with Crippen LogP contribution in [-0.4, -0.2) is 11.1 Å². The van der Waals surface area contributed by atoms with Crippen molar-refractivity contribution in [1.29, 1.82) is 0 Å². The van der Waals surface area contributed by atoms with Crippen LogP contribution in [0.1, 0.15) is 17.5 Å². The number of fused-ring (bicyclic) bond motifs is 1. The fraction of sp³-hybridized carbons (Fsp3) is 0.182. The van der Waals surface area contributed by atoms with Gasteiger partial charge >= 0.3 is 5.97 Å². The van der Waals surface area contributed by atoms with Gasteiger partial charge in [-0.1, -0.05) is 29.8 Å². The first-order valence-corrected chi connectivity index (χ1v) is 4.75. The molecule has 0 spiro atoms. The highest BCUT2D eigenvalue weighted by molar-refractivity contribution is 6.31. The molecule has 0 saturated heterocycles. The molecule has 0 amide bonds. The van der Waals surface area contributed by atoms with Gasteiger partial charge in [-0.05, 0) is 29.2 Å². The fourth-order valence-electron chi connectivity index (χ4n) is 1.73. The van der Waals surface area contributed by atoms with Crippen molar-refractivity contribution in [2.45, 2.75) is 12.8 Å². The number of hydrogen-bond donors (Lipinski definition) is 1. The van der Waals surface area contributed by atoms with Crippen molar-refractivity contribution < 1.29 is 9.90 Å². The van der Waals surface area contributed by atoms with E-state index in [1.807, 2.05) is 24.3 Å². The topological polar surface area (TPSA) is 37.3 Å². The van der Waals surface area contributed by atoms with Gasteiger partial charge < -0.3 is 5.11 Å². The largest absolute Gasteiger partial charge is 0.481 e. The van der Waals surface area contributed by atoms with Crippen LogP contribution < -0.4 is 0 Å². The molecule has 0 unspecified atom stereocenters. The van der Waals surface area contributed by atoms with E-state index in [0.717, 1.165) is 28.1 Å². The second-order valence-electron chi connectivity index (χ2n) is 3.27. The molecule has 72 valence electrons. The zero-order valence-corrected chi connectivity index (χ0v) is 8.21. The third-order valence-electron chi connectivity index (χ3n) is 2.36. The molecule has 1 aliphatic rings. The second-order valence-corrected chi connectivity index (χ2v) is 3.68. The molecular formula is C11H9ClO2. The van der Waals surface area contributed by atoms with Crippen LogP contribution in [0.25, 0.3) is 5.57 Å². The molecule has 3 heteroatoms. The van der Waals surface area contributed by atoms with E-state index in [2.05, 4.69) is 0 Å². The quantitative estimate of drug-likeness (QED) is 0.812. The van der Waals surface area contributed by atoms with Crippen molar-refractivity contribution in [2.24, 2.45) is 0 Å². The Morgan fingerprint density at radius 2 is 2.29 bits per heavy atom. The minimum atomic E-state index is -0.802. The van der Waals surface area contributed by atoms with E-state index in [4.69, 9.17) is 16.7 Å². The van der Waals surface area contributed by atoms with Crippen LogP contribution in [0.5, 0.6) is 0 Å². The maximum Gasteiger partial charge on any atom is 0.307 e. The zero-order valence-electron chi connectivity index (χ0n) is 7.46. The highest BCUT2D eigenvalue weighted by Crippen LogP contribution is 2.33. The Kier molecular flexibility index (Phi) is 2.30. The summed E-state index contributed by atoms with van der Waals surface area (Å²) in [4.78, 5) is 10.6. The summed E-state index contributed by atoms with van der Waals surface area (Å²) in [5.41, 5.74) is 2.90. The number of allylic oxidation sites excluding steroid dienone is 1. The predicted octanol–water partition coefficient (Wildman–Crippen LogP) is 2.75. The summed E-state index contributed by atoms with van der Waals surface area (Å²) in [6.07, 6.45) is 2.76. The summed E-state index contributed by atoms with van der Waals surface area (Å²) < 4.78 is 0. The Hall–Kier alpha value is -1.28. The van der Waals surface area contributed by atoms with Gasteiger partial charge in [0.15, 0.2) is 0 Å². The molecule has 0 fully saturated rings. The SMILES string of the molecule is O=C(O)CC1=CCc2c(Cl)cccc21. The number of carbonyl (C=O) groups is 1. The van der Waals surface area contributed by atoms with Gasteiger partial charge in [-0.25, -0.2) is 0 Å². The van der Waals surface area contributed by atoms with Crippen LogP contribution in [0.4, 0.5) is 0 Å². The molecule has 1 aromatic carbocycles. The molecule has 0 heterocycles. The summed E-state index contributed by atoms with van der Waals surface area (Å²) in [6, 6.07) is 5.60. The molecule has 0 aliphatic heterocycles. The molecule has 0 aromatic heterocycles. The van der Waals surface area contributed by atoms with E-state index < -0.39 is 5.97 Å². The number of halogens is 1. The van der Waals surface area contributed by atoms with Crippen LogP contribution in [-0.2, 0) is 11.2 Å². The molecule has 2 rings (SSSR count). The lowest BCUT2D eigenvalue weighted by Crippen LogP contribution is -1.95. The number of benzene rings is 1. The van der Waals surface area contributed by atoms with E-state index in [0.29, 0.717) is 0 Å². The molecule has 0 saturated carbocycles. The third kappa shape index (κ3) is 1.53. The Labute approximate surface area is 86.8 Å². The maximum absolute atomic E-state index is 10.6. The van der Waals surface area contributed by atoms with Crippen molar-refractivity contribution in [3.63, 3.8) is 0 Å². The number of rotatable bonds is 2. The molecule has 2 nitrogen and oxygen atoms in total. The molecule has 1 N–H and O–H groups in total. The van der Waals surface area contributed by atoms with Gasteiger partial charge in [-0.2, -0.15) is 0 Å². The van der Waals surface area contributed by atoms with Gasteiger partial charge in [0.1, 0.15) is 0 Å². The Balaban J connectivity index is 2.37. The van der Waals surface area contributed by atoms with Crippen molar-refractivity contribution in [3.05, 3.63) is 40.4 Å².